The lowest BCUT2D eigenvalue weighted by atomic mass is 10.1. The Balaban J connectivity index is 2.68. The molecule has 1 N–H and O–H groups in total. The largest absolute Gasteiger partial charge is 0.441 e. The molecule has 0 fully saturated rings. The van der Waals surface area contributed by atoms with Gasteiger partial charge in [0.1, 0.15) is 0 Å². The summed E-state index contributed by atoms with van der Waals surface area (Å²) in [5.41, 5.74) is -5.54. The fraction of sp³-hybridized carbons (Fsp3) is 0.400. The number of hydrogen-bond donors (Lipinski definition) is 1. The third kappa shape index (κ3) is 5.94. The van der Waals surface area contributed by atoms with E-state index in [1.54, 1.807) is 0 Å². The molecule has 0 aromatic heterocycles. The molecule has 0 aliphatic rings. The fourth-order valence-electron chi connectivity index (χ4n) is 1.26. The molecule has 0 bridgehead atoms. The Morgan fingerprint density at radius 1 is 1.11 bits per heavy atom. The van der Waals surface area contributed by atoms with E-state index in [0.717, 1.165) is 6.07 Å². The molecular weight excluding hydrogens is 360 g/mol. The lowest BCUT2D eigenvalue weighted by Crippen LogP contribution is -2.14. The van der Waals surface area contributed by atoms with Crippen molar-refractivity contribution in [2.75, 3.05) is 17.6 Å². The minimum absolute atomic E-state index is 0.213. The second-order valence-corrected chi connectivity index (χ2v) is 5.48. The van der Waals surface area contributed by atoms with E-state index in [0.29, 0.717) is 0 Å². The van der Waals surface area contributed by atoms with Crippen LogP contribution in [0.15, 0.2) is 22.7 Å². The Morgan fingerprint density at radius 2 is 1.74 bits per heavy atom. The Morgan fingerprint density at radius 3 is 2.26 bits per heavy atom. The molecule has 0 aliphatic heterocycles. The van der Waals surface area contributed by atoms with Crippen molar-refractivity contribution in [2.45, 2.75) is 11.7 Å². The summed E-state index contributed by atoms with van der Waals surface area (Å²) in [5, 5.41) is 2.36. The summed E-state index contributed by atoms with van der Waals surface area (Å²) in [4.78, 5) is 0. The number of thioether (sulfide) groups is 1. The van der Waals surface area contributed by atoms with Crippen LogP contribution < -0.4 is 5.32 Å². The Bertz CT molecular complexity index is 431. The minimum Gasteiger partial charge on any atom is -0.384 e. The topological polar surface area (TPSA) is 12.0 Å². The molecule has 0 atom stereocenters. The van der Waals surface area contributed by atoms with Crippen molar-refractivity contribution in [3.63, 3.8) is 0 Å². The number of halogens is 7. The molecule has 0 saturated heterocycles. The van der Waals surface area contributed by atoms with E-state index in [1.807, 2.05) is 0 Å². The number of anilines is 1. The van der Waals surface area contributed by atoms with Gasteiger partial charge in [-0.25, -0.2) is 0 Å². The first-order valence-corrected chi connectivity index (χ1v) is 6.69. The van der Waals surface area contributed by atoms with E-state index in [2.05, 4.69) is 21.2 Å². The molecule has 1 aromatic rings. The molecule has 1 aromatic carbocycles. The van der Waals surface area contributed by atoms with Gasteiger partial charge in [-0.3, -0.25) is 0 Å². The number of hydrogen-bond acceptors (Lipinski definition) is 2. The van der Waals surface area contributed by atoms with Crippen LogP contribution in [0.3, 0.4) is 0 Å². The van der Waals surface area contributed by atoms with E-state index >= 15 is 0 Å². The van der Waals surface area contributed by atoms with Gasteiger partial charge in [0.15, 0.2) is 0 Å². The molecule has 1 rings (SSSR count). The van der Waals surface area contributed by atoms with Crippen LogP contribution in [-0.4, -0.2) is 17.8 Å². The smallest absolute Gasteiger partial charge is 0.384 e. The molecule has 9 heteroatoms. The van der Waals surface area contributed by atoms with Crippen molar-refractivity contribution in [3.8, 4) is 0 Å². The maximum atomic E-state index is 12.7. The number of rotatable bonds is 4. The molecule has 0 amide bonds. The van der Waals surface area contributed by atoms with Crippen molar-refractivity contribution in [2.24, 2.45) is 0 Å². The Hall–Kier alpha value is -0.570. The molecule has 108 valence electrons. The first kappa shape index (κ1) is 16.5. The maximum Gasteiger partial charge on any atom is 0.441 e. The van der Waals surface area contributed by atoms with Crippen molar-refractivity contribution in [1.82, 2.24) is 0 Å². The molecule has 0 unspecified atom stereocenters. The molecular formula is C10H8BrF6NS. The number of benzene rings is 1. The summed E-state index contributed by atoms with van der Waals surface area (Å²) in [6, 6.07) is 3.43. The summed E-state index contributed by atoms with van der Waals surface area (Å²) >= 11 is 2.63. The van der Waals surface area contributed by atoms with Gasteiger partial charge >= 0.3 is 11.7 Å². The van der Waals surface area contributed by atoms with Gasteiger partial charge in [-0.1, -0.05) is 15.9 Å². The molecule has 0 saturated carbocycles. The van der Waals surface area contributed by atoms with Gasteiger partial charge in [0.05, 0.1) is 5.56 Å². The van der Waals surface area contributed by atoms with Crippen LogP contribution >= 0.6 is 27.7 Å². The van der Waals surface area contributed by atoms with Crippen molar-refractivity contribution < 1.29 is 26.3 Å². The number of alkyl halides is 6. The Kier molecular flexibility index (Phi) is 5.43. The normalized spacial score (nSPS) is 12.6. The highest BCUT2D eigenvalue weighted by Gasteiger charge is 2.33. The zero-order valence-electron chi connectivity index (χ0n) is 9.20. The van der Waals surface area contributed by atoms with Gasteiger partial charge in [-0.15, -0.1) is 0 Å². The predicted octanol–water partition coefficient (Wildman–Crippen LogP) is 5.13. The van der Waals surface area contributed by atoms with Crippen LogP contribution in [0.4, 0.5) is 32.0 Å². The quantitative estimate of drug-likeness (QED) is 0.584. The van der Waals surface area contributed by atoms with Gasteiger partial charge < -0.3 is 5.32 Å². The van der Waals surface area contributed by atoms with E-state index < -0.39 is 17.2 Å². The first-order valence-electron chi connectivity index (χ1n) is 4.91. The molecule has 0 spiro atoms. The lowest BCUT2D eigenvalue weighted by Gasteiger charge is -2.15. The third-order valence-corrected chi connectivity index (χ3v) is 3.20. The van der Waals surface area contributed by atoms with Crippen LogP contribution in [0.2, 0.25) is 0 Å². The Labute approximate surface area is 117 Å². The van der Waals surface area contributed by atoms with Gasteiger partial charge in [-0.05, 0) is 30.0 Å². The van der Waals surface area contributed by atoms with Gasteiger partial charge in [-0.2, -0.15) is 26.3 Å². The minimum atomic E-state index is -4.57. The number of nitrogens with one attached hydrogen (secondary N) is 1. The second-order valence-electron chi connectivity index (χ2n) is 3.41. The summed E-state index contributed by atoms with van der Waals surface area (Å²) in [6.07, 6.45) is -4.57. The van der Waals surface area contributed by atoms with Gasteiger partial charge in [0, 0.05) is 22.5 Å². The predicted molar refractivity (Wildman–Crippen MR) is 66.1 cm³/mol. The SMILES string of the molecule is FC(F)(F)SCCNc1ccc(Br)cc1C(F)(F)F. The maximum absolute atomic E-state index is 12.7. The van der Waals surface area contributed by atoms with Crippen molar-refractivity contribution in [1.29, 1.82) is 0 Å². The highest BCUT2D eigenvalue weighted by Crippen LogP contribution is 2.36. The zero-order valence-corrected chi connectivity index (χ0v) is 11.6. The molecule has 1 nitrogen and oxygen atoms in total. The van der Waals surface area contributed by atoms with E-state index in [1.165, 1.54) is 12.1 Å². The molecule has 0 heterocycles. The standard InChI is InChI=1S/C10H8BrF6NS/c11-6-1-2-8(7(5-6)9(12,13)14)18-3-4-19-10(15,16)17/h1-2,5,18H,3-4H2. The highest BCUT2D eigenvalue weighted by atomic mass is 79.9. The van der Waals surface area contributed by atoms with Crippen LogP contribution in [0.1, 0.15) is 5.56 Å². The van der Waals surface area contributed by atoms with Crippen LogP contribution in [0, 0.1) is 0 Å². The molecule has 0 aliphatic carbocycles. The molecule has 0 radical (unpaired) electrons. The zero-order chi connectivity index (χ0) is 14.7. The lowest BCUT2D eigenvalue weighted by molar-refractivity contribution is -0.137. The first-order chi connectivity index (χ1) is 8.59. The van der Waals surface area contributed by atoms with Gasteiger partial charge in [0.25, 0.3) is 0 Å². The highest BCUT2D eigenvalue weighted by molar-refractivity contribution is 9.10. The summed E-state index contributed by atoms with van der Waals surface area (Å²) in [7, 11) is 0. The van der Waals surface area contributed by atoms with E-state index in [9.17, 15) is 26.3 Å². The fourth-order valence-corrected chi connectivity index (χ4v) is 2.05. The average Bonchev–Trinajstić information content (AvgIpc) is 2.23. The van der Waals surface area contributed by atoms with Crippen molar-refractivity contribution in [3.05, 3.63) is 28.2 Å². The summed E-state index contributed by atoms with van der Waals surface area (Å²) in [6.45, 7) is -0.213. The summed E-state index contributed by atoms with van der Waals surface area (Å²) in [5.74, 6) is -0.364. The second kappa shape index (κ2) is 6.25. The van der Waals surface area contributed by atoms with Crippen molar-refractivity contribution >= 4 is 33.4 Å². The molecule has 19 heavy (non-hydrogen) atoms. The van der Waals surface area contributed by atoms with Crippen LogP contribution in [-0.2, 0) is 6.18 Å². The van der Waals surface area contributed by atoms with Gasteiger partial charge in [0.2, 0.25) is 0 Å². The third-order valence-electron chi connectivity index (χ3n) is 1.97. The monoisotopic (exact) mass is 367 g/mol. The van der Waals surface area contributed by atoms with Crippen LogP contribution in [0.25, 0.3) is 0 Å². The average molecular weight is 368 g/mol. The van der Waals surface area contributed by atoms with E-state index in [4.69, 9.17) is 0 Å². The summed E-state index contributed by atoms with van der Waals surface area (Å²) < 4.78 is 73.8. The van der Waals surface area contributed by atoms with Crippen LogP contribution in [0.5, 0.6) is 0 Å². The van der Waals surface area contributed by atoms with E-state index in [-0.39, 0.29) is 34.2 Å².